The molecule has 0 unspecified atom stereocenters. The summed E-state index contributed by atoms with van der Waals surface area (Å²) >= 11 is 0. The van der Waals surface area contributed by atoms with Crippen LogP contribution in [0.5, 0.6) is 5.75 Å². The van der Waals surface area contributed by atoms with Gasteiger partial charge in [0.25, 0.3) is 5.91 Å². The first-order valence-electron chi connectivity index (χ1n) is 6.19. The van der Waals surface area contributed by atoms with Crippen molar-refractivity contribution in [1.29, 1.82) is 0 Å². The third kappa shape index (κ3) is 2.61. The van der Waals surface area contributed by atoms with E-state index in [4.69, 9.17) is 0 Å². The van der Waals surface area contributed by atoms with Gasteiger partial charge in [0.05, 0.1) is 12.1 Å². The van der Waals surface area contributed by atoms with Crippen LogP contribution in [0.2, 0.25) is 0 Å². The number of halogens is 3. The summed E-state index contributed by atoms with van der Waals surface area (Å²) in [6.07, 6.45) is -2.66. The molecule has 20 heavy (non-hydrogen) atoms. The highest BCUT2D eigenvalue weighted by Crippen LogP contribution is 2.38. The molecule has 7 heteroatoms. The molecule has 0 atom stereocenters. The van der Waals surface area contributed by atoms with Crippen LogP contribution in [-0.2, 0) is 4.79 Å². The highest BCUT2D eigenvalue weighted by atomic mass is 19.4. The van der Waals surface area contributed by atoms with E-state index in [-0.39, 0.29) is 18.0 Å². The van der Waals surface area contributed by atoms with E-state index >= 15 is 0 Å². The molecule has 2 aliphatic rings. The molecule has 4 nitrogen and oxygen atoms in total. The standard InChI is InChI=1S/C13H11F3N2O2/c14-13(15,16)20-11-4-2-1-3-10(11)18-12(19)7-9(17-18)8-5-6-8/h1-4,8H,5-7H2. The topological polar surface area (TPSA) is 41.9 Å². The number of benzene rings is 1. The lowest BCUT2D eigenvalue weighted by atomic mass is 10.2. The molecule has 0 spiro atoms. The number of ether oxygens (including phenoxy) is 1. The Kier molecular flexibility index (Phi) is 2.92. The fraction of sp³-hybridized carbons (Fsp3) is 0.385. The molecule has 106 valence electrons. The van der Waals surface area contributed by atoms with Gasteiger partial charge < -0.3 is 4.74 Å². The number of hydrazone groups is 1. The molecular weight excluding hydrogens is 273 g/mol. The first-order valence-corrected chi connectivity index (χ1v) is 6.19. The van der Waals surface area contributed by atoms with Gasteiger partial charge in [-0.15, -0.1) is 13.2 Å². The second-order valence-corrected chi connectivity index (χ2v) is 4.76. The number of carbonyl (C=O) groups excluding carboxylic acids is 1. The molecule has 1 saturated carbocycles. The molecular formula is C13H11F3N2O2. The summed E-state index contributed by atoms with van der Waals surface area (Å²) in [5.41, 5.74) is 0.766. The summed E-state index contributed by atoms with van der Waals surface area (Å²) in [5.74, 6) is -0.445. The number of amides is 1. The molecule has 3 rings (SSSR count). The first kappa shape index (κ1) is 13.0. The van der Waals surface area contributed by atoms with Crippen LogP contribution in [0.15, 0.2) is 29.4 Å². The van der Waals surface area contributed by atoms with Gasteiger partial charge in [0, 0.05) is 0 Å². The summed E-state index contributed by atoms with van der Waals surface area (Å²) in [5, 5.41) is 5.15. The van der Waals surface area contributed by atoms with Crippen LogP contribution in [0.1, 0.15) is 19.3 Å². The molecule has 0 aromatic heterocycles. The molecule has 1 aromatic carbocycles. The van der Waals surface area contributed by atoms with Gasteiger partial charge in [-0.3, -0.25) is 4.79 Å². The van der Waals surface area contributed by atoms with Gasteiger partial charge in [0.1, 0.15) is 5.69 Å². The Balaban J connectivity index is 1.91. The largest absolute Gasteiger partial charge is 0.573 e. The fourth-order valence-electron chi connectivity index (χ4n) is 2.12. The number of rotatable bonds is 3. The lowest BCUT2D eigenvalue weighted by molar-refractivity contribution is -0.274. The Morgan fingerprint density at radius 1 is 1.25 bits per heavy atom. The van der Waals surface area contributed by atoms with Crippen molar-refractivity contribution >= 4 is 17.3 Å². The average Bonchev–Trinajstić information content (AvgIpc) is 3.12. The van der Waals surface area contributed by atoms with E-state index in [1.54, 1.807) is 0 Å². The molecule has 0 N–H and O–H groups in total. The molecule has 1 aliphatic heterocycles. The summed E-state index contributed by atoms with van der Waals surface area (Å²) in [6, 6.07) is 5.51. The quantitative estimate of drug-likeness (QED) is 0.856. The van der Waals surface area contributed by atoms with Gasteiger partial charge in [0.2, 0.25) is 0 Å². The molecule has 1 aliphatic carbocycles. The molecule has 1 amide bonds. The Labute approximate surface area is 112 Å². The predicted molar refractivity (Wildman–Crippen MR) is 65.4 cm³/mol. The Morgan fingerprint density at radius 3 is 2.60 bits per heavy atom. The van der Waals surface area contributed by atoms with Gasteiger partial charge >= 0.3 is 6.36 Å². The number of hydrogen-bond donors (Lipinski definition) is 0. The zero-order valence-electron chi connectivity index (χ0n) is 10.4. The summed E-state index contributed by atoms with van der Waals surface area (Å²) in [6.45, 7) is 0. The molecule has 1 aromatic rings. The molecule has 0 radical (unpaired) electrons. The molecule has 1 heterocycles. The van der Waals surface area contributed by atoms with Crippen LogP contribution >= 0.6 is 0 Å². The van der Waals surface area contributed by atoms with E-state index in [0.29, 0.717) is 5.92 Å². The molecule has 0 saturated heterocycles. The highest BCUT2D eigenvalue weighted by molar-refractivity contribution is 6.14. The van der Waals surface area contributed by atoms with Crippen LogP contribution in [0.4, 0.5) is 18.9 Å². The van der Waals surface area contributed by atoms with Gasteiger partial charge in [-0.2, -0.15) is 10.1 Å². The minimum absolute atomic E-state index is 0.0190. The SMILES string of the molecule is O=C1CC(C2CC2)=NN1c1ccccc1OC(F)(F)F. The Hall–Kier alpha value is -2.05. The van der Waals surface area contributed by atoms with Gasteiger partial charge in [-0.05, 0) is 30.9 Å². The van der Waals surface area contributed by atoms with Gasteiger partial charge in [-0.25, -0.2) is 0 Å². The van der Waals surface area contributed by atoms with Crippen molar-refractivity contribution in [3.63, 3.8) is 0 Å². The Bertz CT molecular complexity index is 579. The zero-order chi connectivity index (χ0) is 14.3. The van der Waals surface area contributed by atoms with E-state index in [9.17, 15) is 18.0 Å². The minimum Gasteiger partial charge on any atom is -0.403 e. The Morgan fingerprint density at radius 2 is 1.95 bits per heavy atom. The number of carbonyl (C=O) groups is 1. The monoisotopic (exact) mass is 284 g/mol. The van der Waals surface area contributed by atoms with Gasteiger partial charge in [-0.1, -0.05) is 12.1 Å². The average molecular weight is 284 g/mol. The van der Waals surface area contributed by atoms with Crippen molar-refractivity contribution in [1.82, 2.24) is 0 Å². The number of alkyl halides is 3. The van der Waals surface area contributed by atoms with Crippen LogP contribution in [0, 0.1) is 5.92 Å². The van der Waals surface area contributed by atoms with Crippen molar-refractivity contribution in [3.05, 3.63) is 24.3 Å². The van der Waals surface area contributed by atoms with Crippen LogP contribution < -0.4 is 9.75 Å². The first-order chi connectivity index (χ1) is 9.44. The highest BCUT2D eigenvalue weighted by Gasteiger charge is 2.38. The van der Waals surface area contributed by atoms with Crippen molar-refractivity contribution < 1.29 is 22.7 Å². The zero-order valence-corrected chi connectivity index (χ0v) is 10.4. The van der Waals surface area contributed by atoms with Crippen LogP contribution in [0.3, 0.4) is 0 Å². The van der Waals surface area contributed by atoms with E-state index < -0.39 is 12.1 Å². The minimum atomic E-state index is -4.80. The third-order valence-corrected chi connectivity index (χ3v) is 3.16. The smallest absolute Gasteiger partial charge is 0.403 e. The number of nitrogens with zero attached hydrogens (tertiary/aromatic N) is 2. The van der Waals surface area contributed by atoms with Crippen LogP contribution in [0.25, 0.3) is 0 Å². The summed E-state index contributed by atoms with van der Waals surface area (Å²) < 4.78 is 41.0. The maximum atomic E-state index is 12.4. The van der Waals surface area contributed by atoms with Crippen molar-refractivity contribution in [2.75, 3.05) is 5.01 Å². The maximum absolute atomic E-state index is 12.4. The van der Waals surface area contributed by atoms with Crippen molar-refractivity contribution in [2.24, 2.45) is 11.0 Å². The van der Waals surface area contributed by atoms with Crippen molar-refractivity contribution in [2.45, 2.75) is 25.6 Å². The second-order valence-electron chi connectivity index (χ2n) is 4.76. The lowest BCUT2D eigenvalue weighted by Crippen LogP contribution is -2.23. The van der Waals surface area contributed by atoms with E-state index in [2.05, 4.69) is 9.84 Å². The lowest BCUT2D eigenvalue weighted by Gasteiger charge is -2.17. The second kappa shape index (κ2) is 4.50. The van der Waals surface area contributed by atoms with E-state index in [0.717, 1.165) is 23.6 Å². The van der Waals surface area contributed by atoms with Crippen LogP contribution in [-0.4, -0.2) is 18.0 Å². The third-order valence-electron chi connectivity index (χ3n) is 3.16. The normalized spacial score (nSPS) is 19.2. The van der Waals surface area contributed by atoms with Gasteiger partial charge in [0.15, 0.2) is 5.75 Å². The molecule has 0 bridgehead atoms. The summed E-state index contributed by atoms with van der Waals surface area (Å²) in [7, 11) is 0. The number of hydrogen-bond acceptors (Lipinski definition) is 3. The number of para-hydroxylation sites is 2. The van der Waals surface area contributed by atoms with E-state index in [1.807, 2.05) is 0 Å². The number of anilines is 1. The maximum Gasteiger partial charge on any atom is 0.573 e. The fourth-order valence-corrected chi connectivity index (χ4v) is 2.12. The molecule has 1 fully saturated rings. The predicted octanol–water partition coefficient (Wildman–Crippen LogP) is 3.09. The van der Waals surface area contributed by atoms with E-state index in [1.165, 1.54) is 24.3 Å². The van der Waals surface area contributed by atoms with Crippen molar-refractivity contribution in [3.8, 4) is 5.75 Å². The summed E-state index contributed by atoms with van der Waals surface area (Å²) in [4.78, 5) is 11.9.